The normalized spacial score (nSPS) is 30.2. The van der Waals surface area contributed by atoms with Gasteiger partial charge in [-0.15, -0.1) is 0 Å². The Morgan fingerprint density at radius 3 is 2.06 bits per heavy atom. The van der Waals surface area contributed by atoms with Crippen molar-refractivity contribution in [3.63, 3.8) is 0 Å². The number of benzene rings is 2. The van der Waals surface area contributed by atoms with Crippen LogP contribution in [0, 0.1) is 20.2 Å². The minimum atomic E-state index is -1.32. The third-order valence-electron chi connectivity index (χ3n) is 5.26. The molecule has 0 saturated carbocycles. The molecule has 0 aliphatic carbocycles. The Labute approximate surface area is 181 Å². The molecule has 0 bridgehead atoms. The number of hydrogen-bond acceptors (Lipinski definition) is 10. The van der Waals surface area contributed by atoms with Crippen molar-refractivity contribution in [2.45, 2.75) is 37.0 Å². The van der Waals surface area contributed by atoms with E-state index in [0.717, 1.165) is 0 Å². The molecular formula is C20H20N2O10. The number of aliphatic hydroxyl groups excluding tert-OH is 2. The third kappa shape index (κ3) is 4.46. The van der Waals surface area contributed by atoms with Crippen LogP contribution in [0.5, 0.6) is 0 Å². The molecule has 2 aliphatic heterocycles. The third-order valence-corrected chi connectivity index (χ3v) is 5.26. The van der Waals surface area contributed by atoms with Gasteiger partial charge in [-0.1, -0.05) is 24.3 Å². The highest BCUT2D eigenvalue weighted by Crippen LogP contribution is 2.38. The van der Waals surface area contributed by atoms with Crippen LogP contribution in [-0.4, -0.2) is 57.7 Å². The van der Waals surface area contributed by atoms with E-state index in [4.69, 9.17) is 18.9 Å². The average Bonchev–Trinajstić information content (AvgIpc) is 3.22. The zero-order chi connectivity index (χ0) is 22.8. The van der Waals surface area contributed by atoms with E-state index in [1.807, 2.05) is 0 Å². The molecule has 0 radical (unpaired) electrons. The van der Waals surface area contributed by atoms with Crippen LogP contribution in [0.1, 0.15) is 23.7 Å². The Morgan fingerprint density at radius 2 is 1.50 bits per heavy atom. The fourth-order valence-corrected chi connectivity index (χ4v) is 3.66. The predicted octanol–water partition coefficient (Wildman–Crippen LogP) is 1.75. The molecule has 2 aromatic rings. The molecule has 2 unspecified atom stereocenters. The lowest BCUT2D eigenvalue weighted by Crippen LogP contribution is -2.49. The van der Waals surface area contributed by atoms with Crippen LogP contribution in [0.25, 0.3) is 0 Å². The first-order chi connectivity index (χ1) is 15.4. The molecule has 32 heavy (non-hydrogen) atoms. The second-order valence-corrected chi connectivity index (χ2v) is 7.32. The molecule has 2 heterocycles. The van der Waals surface area contributed by atoms with Crippen molar-refractivity contribution in [1.29, 1.82) is 0 Å². The molecule has 2 aliphatic rings. The molecule has 2 N–H and O–H groups in total. The van der Waals surface area contributed by atoms with Crippen LogP contribution < -0.4 is 0 Å². The quantitative estimate of drug-likeness (QED) is 0.509. The van der Waals surface area contributed by atoms with Gasteiger partial charge in [0.1, 0.15) is 24.4 Å². The summed E-state index contributed by atoms with van der Waals surface area (Å²) in [6.07, 6.45) is -6.30. The zero-order valence-corrected chi connectivity index (χ0v) is 16.6. The second kappa shape index (κ2) is 9.24. The lowest BCUT2D eigenvalue weighted by molar-refractivity contribution is -0.385. The number of non-ortho nitro benzene ring substituents is 2. The van der Waals surface area contributed by atoms with Crippen LogP contribution in [0.4, 0.5) is 11.4 Å². The molecule has 6 atom stereocenters. The Hall–Kier alpha value is -3.00. The number of aliphatic hydroxyl groups is 2. The molecule has 12 nitrogen and oxygen atoms in total. The van der Waals surface area contributed by atoms with E-state index in [1.165, 1.54) is 36.4 Å². The summed E-state index contributed by atoms with van der Waals surface area (Å²) in [6, 6.07) is 11.4. The van der Waals surface area contributed by atoms with Gasteiger partial charge in [0.15, 0.2) is 12.6 Å². The monoisotopic (exact) mass is 448 g/mol. The largest absolute Gasteiger partial charge is 0.394 e. The first-order valence-electron chi connectivity index (χ1n) is 9.73. The summed E-state index contributed by atoms with van der Waals surface area (Å²) in [6.45, 7) is -0.678. The van der Waals surface area contributed by atoms with Crippen LogP contribution in [0.2, 0.25) is 0 Å². The van der Waals surface area contributed by atoms with E-state index >= 15 is 0 Å². The van der Waals surface area contributed by atoms with E-state index in [-0.39, 0.29) is 18.0 Å². The lowest BCUT2D eigenvalue weighted by atomic mass is 10.0. The second-order valence-electron chi connectivity index (χ2n) is 7.32. The predicted molar refractivity (Wildman–Crippen MR) is 105 cm³/mol. The maximum atomic E-state index is 11.1. The highest BCUT2D eigenvalue weighted by atomic mass is 16.8. The van der Waals surface area contributed by atoms with Crippen LogP contribution in [-0.2, 0) is 18.9 Å². The van der Waals surface area contributed by atoms with Gasteiger partial charge in [-0.2, -0.15) is 0 Å². The summed E-state index contributed by atoms with van der Waals surface area (Å²) in [4.78, 5) is 21.0. The number of nitro benzene ring substituents is 2. The van der Waals surface area contributed by atoms with Gasteiger partial charge in [0, 0.05) is 35.4 Å². The van der Waals surface area contributed by atoms with E-state index in [1.54, 1.807) is 12.1 Å². The molecular weight excluding hydrogens is 428 g/mol. The number of hydrogen-bond donors (Lipinski definition) is 2. The molecule has 0 aromatic heterocycles. The van der Waals surface area contributed by atoms with Gasteiger partial charge in [-0.05, 0) is 0 Å². The molecule has 4 rings (SSSR count). The highest BCUT2D eigenvalue weighted by Gasteiger charge is 2.47. The summed E-state index contributed by atoms with van der Waals surface area (Å²) in [5.74, 6) is 0. The van der Waals surface area contributed by atoms with E-state index < -0.39 is 53.4 Å². The molecule has 2 aromatic carbocycles. The van der Waals surface area contributed by atoms with Gasteiger partial charge < -0.3 is 29.2 Å². The number of nitro groups is 2. The van der Waals surface area contributed by atoms with Gasteiger partial charge in [0.25, 0.3) is 11.4 Å². The van der Waals surface area contributed by atoms with Crippen molar-refractivity contribution >= 4 is 11.4 Å². The first-order valence-corrected chi connectivity index (χ1v) is 9.73. The zero-order valence-electron chi connectivity index (χ0n) is 16.6. The minimum absolute atomic E-state index is 0.0986. The van der Waals surface area contributed by atoms with Crippen molar-refractivity contribution in [3.05, 3.63) is 79.9 Å². The fourth-order valence-electron chi connectivity index (χ4n) is 3.66. The maximum absolute atomic E-state index is 11.1. The van der Waals surface area contributed by atoms with Crippen molar-refractivity contribution < 1.29 is 39.0 Å². The number of ether oxygens (including phenoxy) is 4. The molecule has 12 heteroatoms. The maximum Gasteiger partial charge on any atom is 0.269 e. The van der Waals surface area contributed by atoms with Gasteiger partial charge in [0.2, 0.25) is 0 Å². The average molecular weight is 448 g/mol. The van der Waals surface area contributed by atoms with Gasteiger partial charge in [-0.3, -0.25) is 20.2 Å². The standard InChI is InChI=1S/C20H20N2O10/c23-9-15-17(24)18-16(31-20(32-18)12-4-2-6-14(8-12)22(27)28)10-29-19(30-15)11-3-1-5-13(7-11)21(25)26/h1-8,15-20,23-24H,9-10H2/t15-,16+,17+,18+,19?,20?/m0/s1. The van der Waals surface area contributed by atoms with Crippen molar-refractivity contribution in [3.8, 4) is 0 Å². The van der Waals surface area contributed by atoms with Crippen molar-refractivity contribution in [2.75, 3.05) is 13.2 Å². The number of nitrogens with zero attached hydrogens (tertiary/aromatic N) is 2. The number of fused-ring (bicyclic) bond motifs is 1. The highest BCUT2D eigenvalue weighted by molar-refractivity contribution is 5.36. The summed E-state index contributed by atoms with van der Waals surface area (Å²) in [7, 11) is 0. The Bertz CT molecular complexity index is 1000. The number of rotatable bonds is 5. The minimum Gasteiger partial charge on any atom is -0.394 e. The van der Waals surface area contributed by atoms with Crippen molar-refractivity contribution in [2.24, 2.45) is 0 Å². The summed E-state index contributed by atoms with van der Waals surface area (Å²) >= 11 is 0. The molecule has 170 valence electrons. The van der Waals surface area contributed by atoms with Gasteiger partial charge >= 0.3 is 0 Å². The summed E-state index contributed by atoms with van der Waals surface area (Å²) in [5.41, 5.74) is 0.410. The SMILES string of the molecule is O=[N+]([O-])c1cccc(C2OC[C@H]3OC(c4cccc([N+](=O)[O-])c4)O[C@H]3[C@H](O)[C@H](CO)O2)c1. The topological polar surface area (TPSA) is 164 Å². The van der Waals surface area contributed by atoms with Crippen LogP contribution >= 0.6 is 0 Å². The van der Waals surface area contributed by atoms with Crippen molar-refractivity contribution in [1.82, 2.24) is 0 Å². The van der Waals surface area contributed by atoms with E-state index in [2.05, 4.69) is 0 Å². The summed E-state index contributed by atoms with van der Waals surface area (Å²) < 4.78 is 23.1. The smallest absolute Gasteiger partial charge is 0.269 e. The Morgan fingerprint density at radius 1 is 0.906 bits per heavy atom. The Balaban J connectivity index is 1.57. The molecule has 0 amide bonds. The van der Waals surface area contributed by atoms with E-state index in [9.17, 15) is 30.4 Å². The van der Waals surface area contributed by atoms with Gasteiger partial charge in [0.05, 0.1) is 23.1 Å². The lowest BCUT2D eigenvalue weighted by Gasteiger charge is -2.34. The van der Waals surface area contributed by atoms with Crippen LogP contribution in [0.3, 0.4) is 0 Å². The molecule has 2 fully saturated rings. The van der Waals surface area contributed by atoms with E-state index in [0.29, 0.717) is 11.1 Å². The van der Waals surface area contributed by atoms with Crippen LogP contribution in [0.15, 0.2) is 48.5 Å². The Kier molecular flexibility index (Phi) is 6.41. The summed E-state index contributed by atoms with van der Waals surface area (Å²) in [5, 5.41) is 42.7. The van der Waals surface area contributed by atoms with Gasteiger partial charge in [-0.25, -0.2) is 0 Å². The molecule has 0 spiro atoms. The molecule has 2 saturated heterocycles. The first kappa shape index (κ1) is 22.2. The fraction of sp³-hybridized carbons (Fsp3) is 0.400.